The Bertz CT molecular complexity index is 564. The topological polar surface area (TPSA) is 62.3 Å². The lowest BCUT2D eigenvalue weighted by molar-refractivity contribution is 0.310. The van der Waals surface area contributed by atoms with Crippen LogP contribution in [0.15, 0.2) is 30.6 Å². The summed E-state index contributed by atoms with van der Waals surface area (Å²) in [6.45, 7) is 2.49. The zero-order valence-electron chi connectivity index (χ0n) is 12.2. The van der Waals surface area contributed by atoms with Crippen LogP contribution in [0.2, 0.25) is 0 Å². The molecule has 1 heterocycles. The molecule has 0 aliphatic carbocycles. The predicted octanol–water partition coefficient (Wildman–Crippen LogP) is 2.07. The van der Waals surface area contributed by atoms with Crippen molar-refractivity contribution in [3.8, 4) is 11.5 Å². The molecule has 5 heteroatoms. The minimum Gasteiger partial charge on any atom is -0.497 e. The molecule has 5 nitrogen and oxygen atoms in total. The number of nitrogens with zero attached hydrogens (tertiary/aromatic N) is 2. The van der Waals surface area contributed by atoms with E-state index < -0.39 is 0 Å². The molecule has 0 saturated carbocycles. The number of aromatic nitrogens is 2. The number of ether oxygens (including phenoxy) is 2. The third-order valence-corrected chi connectivity index (χ3v) is 3.22. The monoisotopic (exact) mass is 275 g/mol. The van der Waals surface area contributed by atoms with Gasteiger partial charge in [0.1, 0.15) is 17.3 Å². The highest BCUT2D eigenvalue weighted by molar-refractivity contribution is 5.42. The summed E-state index contributed by atoms with van der Waals surface area (Å²) in [5, 5.41) is 0. The number of imidazole rings is 1. The number of methoxy groups -OCH3 is 1. The lowest BCUT2D eigenvalue weighted by Crippen LogP contribution is -2.11. The van der Waals surface area contributed by atoms with Crippen LogP contribution in [0.1, 0.15) is 24.4 Å². The average molecular weight is 275 g/mol. The first-order valence-corrected chi connectivity index (χ1v) is 6.64. The van der Waals surface area contributed by atoms with Gasteiger partial charge in [0, 0.05) is 43.5 Å². The van der Waals surface area contributed by atoms with E-state index in [4.69, 9.17) is 15.2 Å². The number of benzene rings is 1. The third-order valence-electron chi connectivity index (χ3n) is 3.22. The molecule has 2 N–H and O–H groups in total. The highest BCUT2D eigenvalue weighted by atomic mass is 16.5. The fraction of sp³-hybridized carbons (Fsp3) is 0.400. The summed E-state index contributed by atoms with van der Waals surface area (Å²) in [5.41, 5.74) is 6.94. The van der Waals surface area contributed by atoms with Gasteiger partial charge in [-0.2, -0.15) is 0 Å². The van der Waals surface area contributed by atoms with E-state index in [-0.39, 0.29) is 6.04 Å². The maximum Gasteiger partial charge on any atom is 0.127 e. The molecular weight excluding hydrogens is 254 g/mol. The highest BCUT2D eigenvalue weighted by Gasteiger charge is 2.10. The summed E-state index contributed by atoms with van der Waals surface area (Å²) < 4.78 is 13.1. The zero-order chi connectivity index (χ0) is 14.5. The number of hydrogen-bond donors (Lipinski definition) is 1. The molecule has 0 bridgehead atoms. The Morgan fingerprint density at radius 3 is 2.80 bits per heavy atom. The van der Waals surface area contributed by atoms with Crippen molar-refractivity contribution in [2.75, 3.05) is 13.7 Å². The first-order chi connectivity index (χ1) is 9.61. The minimum absolute atomic E-state index is 0.0796. The van der Waals surface area contributed by atoms with Gasteiger partial charge in [0.2, 0.25) is 0 Å². The Kier molecular flexibility index (Phi) is 4.63. The van der Waals surface area contributed by atoms with Gasteiger partial charge >= 0.3 is 0 Å². The van der Waals surface area contributed by atoms with E-state index in [9.17, 15) is 0 Å². The van der Waals surface area contributed by atoms with E-state index in [0.717, 1.165) is 29.3 Å². The van der Waals surface area contributed by atoms with Crippen LogP contribution in [0.4, 0.5) is 0 Å². The SMILES string of the molecule is COc1ccc([C@@H](C)N)c(OCCc2nccn2C)c1. The van der Waals surface area contributed by atoms with Gasteiger partial charge < -0.3 is 19.8 Å². The van der Waals surface area contributed by atoms with Crippen molar-refractivity contribution in [2.45, 2.75) is 19.4 Å². The molecule has 20 heavy (non-hydrogen) atoms. The van der Waals surface area contributed by atoms with Crippen molar-refractivity contribution in [3.05, 3.63) is 42.0 Å². The second kappa shape index (κ2) is 6.43. The number of nitrogens with two attached hydrogens (primary N) is 1. The second-order valence-corrected chi connectivity index (χ2v) is 4.75. The maximum absolute atomic E-state index is 5.96. The number of aryl methyl sites for hydroxylation is 1. The Hall–Kier alpha value is -2.01. The van der Waals surface area contributed by atoms with E-state index in [0.29, 0.717) is 6.61 Å². The molecule has 0 amide bonds. The molecule has 0 aliphatic heterocycles. The molecule has 1 aromatic heterocycles. The summed E-state index contributed by atoms with van der Waals surface area (Å²) in [6.07, 6.45) is 4.46. The van der Waals surface area contributed by atoms with Crippen molar-refractivity contribution in [2.24, 2.45) is 12.8 Å². The van der Waals surface area contributed by atoms with Gasteiger partial charge in [-0.3, -0.25) is 0 Å². The van der Waals surface area contributed by atoms with E-state index in [1.54, 1.807) is 13.3 Å². The molecule has 1 atom stereocenters. The average Bonchev–Trinajstić information content (AvgIpc) is 2.84. The van der Waals surface area contributed by atoms with Crippen LogP contribution >= 0.6 is 0 Å². The fourth-order valence-corrected chi connectivity index (χ4v) is 2.03. The number of hydrogen-bond acceptors (Lipinski definition) is 4. The molecule has 0 fully saturated rings. The normalized spacial score (nSPS) is 12.2. The molecular formula is C15H21N3O2. The lowest BCUT2D eigenvalue weighted by atomic mass is 10.1. The highest BCUT2D eigenvalue weighted by Crippen LogP contribution is 2.28. The summed E-state index contributed by atoms with van der Waals surface area (Å²) in [5.74, 6) is 2.53. The van der Waals surface area contributed by atoms with Crippen LogP contribution in [0, 0.1) is 0 Å². The van der Waals surface area contributed by atoms with Gasteiger partial charge in [-0.1, -0.05) is 6.07 Å². The Balaban J connectivity index is 2.05. The molecule has 0 unspecified atom stereocenters. The van der Waals surface area contributed by atoms with Crippen molar-refractivity contribution in [1.82, 2.24) is 9.55 Å². The standard InChI is InChI=1S/C15H21N3O2/c1-11(16)13-5-4-12(19-3)10-14(13)20-9-6-15-17-7-8-18(15)2/h4-5,7-8,10-11H,6,9,16H2,1-3H3/t11-/m1/s1. The van der Waals surface area contributed by atoms with E-state index in [2.05, 4.69) is 4.98 Å². The predicted molar refractivity (Wildman–Crippen MR) is 78.0 cm³/mol. The largest absolute Gasteiger partial charge is 0.497 e. The van der Waals surface area contributed by atoms with Crippen LogP contribution in [0.5, 0.6) is 11.5 Å². The summed E-state index contributed by atoms with van der Waals surface area (Å²) in [6, 6.07) is 5.63. The Morgan fingerprint density at radius 1 is 1.40 bits per heavy atom. The van der Waals surface area contributed by atoms with Gasteiger partial charge in [0.05, 0.1) is 13.7 Å². The number of rotatable bonds is 6. The van der Waals surface area contributed by atoms with Crippen molar-refractivity contribution < 1.29 is 9.47 Å². The van der Waals surface area contributed by atoms with Gasteiger partial charge in [-0.05, 0) is 13.0 Å². The first kappa shape index (κ1) is 14.4. The first-order valence-electron chi connectivity index (χ1n) is 6.64. The van der Waals surface area contributed by atoms with Crippen molar-refractivity contribution in [1.29, 1.82) is 0 Å². The Labute approximate surface area is 119 Å². The second-order valence-electron chi connectivity index (χ2n) is 4.75. The lowest BCUT2D eigenvalue weighted by Gasteiger charge is -2.15. The molecule has 108 valence electrons. The van der Waals surface area contributed by atoms with E-state index >= 15 is 0 Å². The van der Waals surface area contributed by atoms with Crippen LogP contribution in [-0.2, 0) is 13.5 Å². The van der Waals surface area contributed by atoms with Gasteiger partial charge in [0.15, 0.2) is 0 Å². The molecule has 2 aromatic rings. The van der Waals surface area contributed by atoms with Gasteiger partial charge in [0.25, 0.3) is 0 Å². The summed E-state index contributed by atoms with van der Waals surface area (Å²) in [4.78, 5) is 4.27. The fourth-order valence-electron chi connectivity index (χ4n) is 2.03. The van der Waals surface area contributed by atoms with Crippen LogP contribution < -0.4 is 15.2 Å². The third kappa shape index (κ3) is 3.30. The minimum atomic E-state index is -0.0796. The molecule has 0 spiro atoms. The van der Waals surface area contributed by atoms with Gasteiger partial charge in [-0.25, -0.2) is 4.98 Å². The molecule has 0 radical (unpaired) electrons. The van der Waals surface area contributed by atoms with Crippen LogP contribution in [0.25, 0.3) is 0 Å². The van der Waals surface area contributed by atoms with E-state index in [1.165, 1.54) is 0 Å². The summed E-state index contributed by atoms with van der Waals surface area (Å²) in [7, 11) is 3.61. The molecule has 0 aliphatic rings. The molecule has 2 rings (SSSR count). The molecule has 1 aromatic carbocycles. The van der Waals surface area contributed by atoms with Gasteiger partial charge in [-0.15, -0.1) is 0 Å². The quantitative estimate of drug-likeness (QED) is 0.876. The van der Waals surface area contributed by atoms with Crippen LogP contribution in [0.3, 0.4) is 0 Å². The van der Waals surface area contributed by atoms with Crippen molar-refractivity contribution in [3.63, 3.8) is 0 Å². The smallest absolute Gasteiger partial charge is 0.127 e. The van der Waals surface area contributed by atoms with Crippen molar-refractivity contribution >= 4 is 0 Å². The maximum atomic E-state index is 5.96. The summed E-state index contributed by atoms with van der Waals surface area (Å²) >= 11 is 0. The zero-order valence-corrected chi connectivity index (χ0v) is 12.2. The van der Waals surface area contributed by atoms with E-state index in [1.807, 2.05) is 42.9 Å². The molecule has 0 saturated heterocycles. The Morgan fingerprint density at radius 2 is 2.20 bits per heavy atom. The van der Waals surface area contributed by atoms with Crippen LogP contribution in [-0.4, -0.2) is 23.3 Å².